The number of hydrogen-bond donors (Lipinski definition) is 2. The number of amides is 1. The van der Waals surface area contributed by atoms with E-state index in [-0.39, 0.29) is 17.4 Å². The van der Waals surface area contributed by atoms with Gasteiger partial charge in [-0.3, -0.25) is 4.79 Å². The highest BCUT2D eigenvalue weighted by atomic mass is 16.2. The lowest BCUT2D eigenvalue weighted by Gasteiger charge is -2.42. The first-order valence-electron chi connectivity index (χ1n) is 6.65. The molecule has 0 spiro atoms. The number of carbonyl (C=O) groups is 1. The van der Waals surface area contributed by atoms with Crippen LogP contribution in [0, 0.1) is 5.41 Å². The second-order valence-electron chi connectivity index (χ2n) is 5.89. The third-order valence-corrected chi connectivity index (χ3v) is 3.94. The van der Waals surface area contributed by atoms with Crippen LogP contribution in [0.15, 0.2) is 18.3 Å². The normalized spacial score (nSPS) is 23.1. The minimum Gasteiger partial charge on any atom is -0.365 e. The van der Waals surface area contributed by atoms with Gasteiger partial charge in [0, 0.05) is 37.4 Å². The maximum Gasteiger partial charge on any atom is 0.222 e. The molecule has 1 aromatic rings. The van der Waals surface area contributed by atoms with Gasteiger partial charge < -0.3 is 15.6 Å². The number of carbonyl (C=O) groups excluding carboxylic acids is 1. The number of piperidine rings is 1. The van der Waals surface area contributed by atoms with Gasteiger partial charge in [-0.2, -0.15) is 0 Å². The van der Waals surface area contributed by atoms with Crippen molar-refractivity contribution in [1.29, 1.82) is 0 Å². The van der Waals surface area contributed by atoms with Crippen molar-refractivity contribution in [3.63, 3.8) is 0 Å². The number of nitrogens with two attached hydrogens (primary N) is 1. The maximum absolute atomic E-state index is 12.2. The second kappa shape index (κ2) is 5.14. The number of aromatic amines is 1. The van der Waals surface area contributed by atoms with Crippen molar-refractivity contribution in [1.82, 2.24) is 9.88 Å². The third kappa shape index (κ3) is 2.93. The molecule has 2 rings (SSSR count). The van der Waals surface area contributed by atoms with E-state index in [1.54, 1.807) is 0 Å². The standard InChI is InChI=1S/C14H23N3O/c1-14(2)10-17(9-7-12(14)15)13(18)6-5-11-4-3-8-16-11/h3-4,8,12,16H,5-7,9-10,15H2,1-2H3. The Morgan fingerprint density at radius 1 is 1.61 bits per heavy atom. The topological polar surface area (TPSA) is 62.1 Å². The summed E-state index contributed by atoms with van der Waals surface area (Å²) in [6, 6.07) is 4.18. The summed E-state index contributed by atoms with van der Waals surface area (Å²) in [6.45, 7) is 5.86. The Balaban J connectivity index is 1.86. The number of aromatic nitrogens is 1. The van der Waals surface area contributed by atoms with Crippen LogP contribution in [-0.2, 0) is 11.2 Å². The Morgan fingerprint density at radius 2 is 2.39 bits per heavy atom. The molecule has 3 N–H and O–H groups in total. The van der Waals surface area contributed by atoms with Gasteiger partial charge in [-0.1, -0.05) is 13.8 Å². The molecule has 0 aromatic carbocycles. The Bertz CT molecular complexity index is 397. The Hall–Kier alpha value is -1.29. The van der Waals surface area contributed by atoms with Crippen molar-refractivity contribution in [2.24, 2.45) is 11.1 Å². The van der Waals surface area contributed by atoms with Gasteiger partial charge in [-0.25, -0.2) is 0 Å². The Kier molecular flexibility index (Phi) is 3.76. The maximum atomic E-state index is 12.2. The largest absolute Gasteiger partial charge is 0.365 e. The Labute approximate surface area is 109 Å². The summed E-state index contributed by atoms with van der Waals surface area (Å²) in [6.07, 6.45) is 4.16. The monoisotopic (exact) mass is 249 g/mol. The second-order valence-corrected chi connectivity index (χ2v) is 5.89. The van der Waals surface area contributed by atoms with Crippen LogP contribution >= 0.6 is 0 Å². The van der Waals surface area contributed by atoms with Crippen LogP contribution < -0.4 is 5.73 Å². The molecule has 18 heavy (non-hydrogen) atoms. The number of aryl methyl sites for hydroxylation is 1. The fourth-order valence-corrected chi connectivity index (χ4v) is 2.51. The highest BCUT2D eigenvalue weighted by Gasteiger charge is 2.34. The van der Waals surface area contributed by atoms with Gasteiger partial charge in [0.05, 0.1) is 0 Å². The molecular formula is C14H23N3O. The number of nitrogens with zero attached hydrogens (tertiary/aromatic N) is 1. The zero-order valence-electron chi connectivity index (χ0n) is 11.3. The van der Waals surface area contributed by atoms with Crippen LogP contribution in [0.4, 0.5) is 0 Å². The fourth-order valence-electron chi connectivity index (χ4n) is 2.51. The van der Waals surface area contributed by atoms with Crippen molar-refractivity contribution >= 4 is 5.91 Å². The molecule has 0 aliphatic carbocycles. The van der Waals surface area contributed by atoms with E-state index >= 15 is 0 Å². The molecule has 1 atom stereocenters. The first-order chi connectivity index (χ1) is 8.49. The molecular weight excluding hydrogens is 226 g/mol. The summed E-state index contributed by atoms with van der Waals surface area (Å²) in [5, 5.41) is 0. The summed E-state index contributed by atoms with van der Waals surface area (Å²) < 4.78 is 0. The van der Waals surface area contributed by atoms with E-state index in [1.807, 2.05) is 23.2 Å². The first-order valence-corrected chi connectivity index (χ1v) is 6.65. The van der Waals surface area contributed by atoms with Gasteiger partial charge in [0.1, 0.15) is 0 Å². The van der Waals surface area contributed by atoms with Gasteiger partial charge in [0.2, 0.25) is 5.91 Å². The summed E-state index contributed by atoms with van der Waals surface area (Å²) in [4.78, 5) is 17.3. The zero-order valence-corrected chi connectivity index (χ0v) is 11.3. The van der Waals surface area contributed by atoms with Crippen molar-refractivity contribution in [2.75, 3.05) is 13.1 Å². The predicted octanol–water partition coefficient (Wildman–Crippen LogP) is 1.53. The molecule has 4 nitrogen and oxygen atoms in total. The van der Waals surface area contributed by atoms with Gasteiger partial charge in [-0.15, -0.1) is 0 Å². The van der Waals surface area contributed by atoms with Gasteiger partial charge in [0.15, 0.2) is 0 Å². The zero-order chi connectivity index (χ0) is 13.2. The van der Waals surface area contributed by atoms with E-state index < -0.39 is 0 Å². The number of hydrogen-bond acceptors (Lipinski definition) is 2. The first kappa shape index (κ1) is 13.1. The minimum absolute atomic E-state index is 0.0281. The molecule has 1 aromatic heterocycles. The number of likely N-dealkylation sites (tertiary alicyclic amines) is 1. The molecule has 1 fully saturated rings. The lowest BCUT2D eigenvalue weighted by Crippen LogP contribution is -2.54. The number of H-pyrrole nitrogens is 1. The summed E-state index contributed by atoms with van der Waals surface area (Å²) >= 11 is 0. The highest BCUT2D eigenvalue weighted by Crippen LogP contribution is 2.28. The lowest BCUT2D eigenvalue weighted by molar-refractivity contribution is -0.134. The molecule has 0 radical (unpaired) electrons. The van der Waals surface area contributed by atoms with Crippen LogP contribution in [-0.4, -0.2) is 34.9 Å². The van der Waals surface area contributed by atoms with Crippen LogP contribution in [0.5, 0.6) is 0 Å². The third-order valence-electron chi connectivity index (χ3n) is 3.94. The summed E-state index contributed by atoms with van der Waals surface area (Å²) in [5.74, 6) is 0.240. The van der Waals surface area contributed by atoms with Crippen LogP contribution in [0.1, 0.15) is 32.4 Å². The average molecular weight is 249 g/mol. The smallest absolute Gasteiger partial charge is 0.222 e. The van der Waals surface area contributed by atoms with Crippen LogP contribution in [0.3, 0.4) is 0 Å². The summed E-state index contributed by atoms with van der Waals surface area (Å²) in [7, 11) is 0. The molecule has 2 heterocycles. The van der Waals surface area contributed by atoms with Crippen molar-refractivity contribution in [3.8, 4) is 0 Å². The van der Waals surface area contributed by atoms with Crippen LogP contribution in [0.25, 0.3) is 0 Å². The van der Waals surface area contributed by atoms with Crippen molar-refractivity contribution in [2.45, 2.75) is 39.2 Å². The minimum atomic E-state index is 0.0281. The lowest BCUT2D eigenvalue weighted by atomic mass is 9.79. The van der Waals surface area contributed by atoms with E-state index in [0.717, 1.165) is 31.6 Å². The number of rotatable bonds is 3. The molecule has 100 valence electrons. The molecule has 1 amide bonds. The van der Waals surface area contributed by atoms with Gasteiger partial charge in [0.25, 0.3) is 0 Å². The van der Waals surface area contributed by atoms with Crippen molar-refractivity contribution in [3.05, 3.63) is 24.0 Å². The van der Waals surface area contributed by atoms with Gasteiger partial charge in [-0.05, 0) is 30.4 Å². The number of nitrogens with one attached hydrogen (secondary N) is 1. The predicted molar refractivity (Wildman–Crippen MR) is 72.1 cm³/mol. The fraction of sp³-hybridized carbons (Fsp3) is 0.643. The molecule has 0 saturated carbocycles. The molecule has 0 bridgehead atoms. The Morgan fingerprint density at radius 3 is 3.00 bits per heavy atom. The molecule has 1 saturated heterocycles. The van der Waals surface area contributed by atoms with Gasteiger partial charge >= 0.3 is 0 Å². The van der Waals surface area contributed by atoms with E-state index in [1.165, 1.54) is 0 Å². The van der Waals surface area contributed by atoms with E-state index in [9.17, 15) is 4.79 Å². The van der Waals surface area contributed by atoms with E-state index in [2.05, 4.69) is 18.8 Å². The SMILES string of the molecule is CC1(C)CN(C(=O)CCc2ccc[nH]2)CCC1N. The van der Waals surface area contributed by atoms with E-state index in [4.69, 9.17) is 5.73 Å². The van der Waals surface area contributed by atoms with Crippen LogP contribution in [0.2, 0.25) is 0 Å². The summed E-state index contributed by atoms with van der Waals surface area (Å²) in [5.41, 5.74) is 7.23. The quantitative estimate of drug-likeness (QED) is 0.853. The van der Waals surface area contributed by atoms with E-state index in [0.29, 0.717) is 6.42 Å². The molecule has 1 aliphatic heterocycles. The molecule has 1 aliphatic rings. The molecule has 1 unspecified atom stereocenters. The molecule has 4 heteroatoms. The average Bonchev–Trinajstić information content (AvgIpc) is 2.82. The van der Waals surface area contributed by atoms with Crippen molar-refractivity contribution < 1.29 is 4.79 Å². The highest BCUT2D eigenvalue weighted by molar-refractivity contribution is 5.76.